The van der Waals surface area contributed by atoms with Crippen molar-refractivity contribution in [2.24, 2.45) is 0 Å². The molecule has 0 spiro atoms. The number of halogens is 5. The summed E-state index contributed by atoms with van der Waals surface area (Å²) in [6.07, 6.45) is -4.47. The van der Waals surface area contributed by atoms with Crippen LogP contribution in [0, 0.1) is 0 Å². The fourth-order valence-electron chi connectivity index (χ4n) is 0.987. The van der Waals surface area contributed by atoms with E-state index < -0.39 is 17.5 Å². The maximum Gasteiger partial charge on any atom is 0.416 e. The number of hydrogen-bond acceptors (Lipinski definition) is 1. The van der Waals surface area contributed by atoms with Crippen molar-refractivity contribution >= 4 is 33.3 Å². The molecule has 0 N–H and O–H groups in total. The van der Waals surface area contributed by atoms with Crippen molar-refractivity contribution in [2.45, 2.75) is 6.18 Å². The Hall–Kier alpha value is -0.550. The summed E-state index contributed by atoms with van der Waals surface area (Å²) in [7, 11) is 0. The normalized spacial score (nSPS) is 11.5. The van der Waals surface area contributed by atoms with Crippen LogP contribution in [0.25, 0.3) is 0 Å². The minimum absolute atomic E-state index is 0.0208. The van der Waals surface area contributed by atoms with Crippen LogP contribution in [0.1, 0.15) is 15.9 Å². The van der Waals surface area contributed by atoms with Crippen LogP contribution in [0.3, 0.4) is 0 Å². The minimum Gasteiger partial charge on any atom is -0.293 e. The van der Waals surface area contributed by atoms with Crippen molar-refractivity contribution in [3.05, 3.63) is 34.3 Å². The van der Waals surface area contributed by atoms with E-state index in [9.17, 15) is 18.0 Å². The zero-order valence-electron chi connectivity index (χ0n) is 7.24. The van der Waals surface area contributed by atoms with Crippen LogP contribution in [0.15, 0.2) is 18.2 Å². The molecule has 0 amide bonds. The lowest BCUT2D eigenvalue weighted by Gasteiger charge is -2.08. The van der Waals surface area contributed by atoms with Crippen LogP contribution >= 0.6 is 27.5 Å². The Labute approximate surface area is 97.4 Å². The van der Waals surface area contributed by atoms with Gasteiger partial charge in [0.15, 0.2) is 5.78 Å². The second-order valence-corrected chi connectivity index (χ2v) is 3.72. The van der Waals surface area contributed by atoms with E-state index >= 15 is 0 Å². The SMILES string of the molecule is O=C(CBr)c1cc(C(F)(F)F)ccc1Cl. The molecule has 0 aromatic heterocycles. The zero-order chi connectivity index (χ0) is 11.6. The van der Waals surface area contributed by atoms with Crippen molar-refractivity contribution in [2.75, 3.05) is 5.33 Å². The van der Waals surface area contributed by atoms with Gasteiger partial charge in [-0.1, -0.05) is 27.5 Å². The molecule has 0 fully saturated rings. The van der Waals surface area contributed by atoms with Crippen molar-refractivity contribution < 1.29 is 18.0 Å². The standard InChI is InChI=1S/C9H5BrClF3O/c10-4-8(15)6-3-5(9(12,13)14)1-2-7(6)11/h1-3H,4H2. The smallest absolute Gasteiger partial charge is 0.293 e. The largest absolute Gasteiger partial charge is 0.416 e. The second kappa shape index (κ2) is 4.53. The van der Waals surface area contributed by atoms with Crippen LogP contribution in [0.5, 0.6) is 0 Å². The Morgan fingerprint density at radius 2 is 2.00 bits per heavy atom. The van der Waals surface area contributed by atoms with Gasteiger partial charge in [0.2, 0.25) is 0 Å². The van der Waals surface area contributed by atoms with Gasteiger partial charge in [0.1, 0.15) is 0 Å². The van der Waals surface area contributed by atoms with Gasteiger partial charge >= 0.3 is 6.18 Å². The highest BCUT2D eigenvalue weighted by Gasteiger charge is 2.31. The molecule has 0 heterocycles. The lowest BCUT2D eigenvalue weighted by Crippen LogP contribution is -2.08. The summed E-state index contributed by atoms with van der Waals surface area (Å²) in [4.78, 5) is 11.2. The fraction of sp³-hybridized carbons (Fsp3) is 0.222. The predicted octanol–water partition coefficient (Wildman–Crippen LogP) is 3.94. The summed E-state index contributed by atoms with van der Waals surface area (Å²) in [6.45, 7) is 0. The number of hydrogen-bond donors (Lipinski definition) is 0. The molecule has 1 nitrogen and oxygen atoms in total. The fourth-order valence-corrected chi connectivity index (χ4v) is 1.51. The van der Waals surface area contributed by atoms with Crippen molar-refractivity contribution in [1.29, 1.82) is 0 Å². The quantitative estimate of drug-likeness (QED) is 0.597. The molecule has 0 saturated heterocycles. The lowest BCUT2D eigenvalue weighted by atomic mass is 10.1. The Kier molecular flexibility index (Phi) is 3.78. The third-order valence-electron chi connectivity index (χ3n) is 1.72. The van der Waals surface area contributed by atoms with E-state index in [0.717, 1.165) is 18.2 Å². The van der Waals surface area contributed by atoms with E-state index in [4.69, 9.17) is 11.6 Å². The molecular formula is C9H5BrClF3O. The van der Waals surface area contributed by atoms with Crippen LogP contribution in [0.2, 0.25) is 5.02 Å². The van der Waals surface area contributed by atoms with E-state index in [1.165, 1.54) is 0 Å². The molecule has 1 rings (SSSR count). The van der Waals surface area contributed by atoms with Gasteiger partial charge in [0, 0.05) is 5.56 Å². The van der Waals surface area contributed by atoms with Gasteiger partial charge in [0.25, 0.3) is 0 Å². The summed E-state index contributed by atoms with van der Waals surface area (Å²) in [6, 6.07) is 2.67. The van der Waals surface area contributed by atoms with E-state index in [2.05, 4.69) is 15.9 Å². The van der Waals surface area contributed by atoms with Crippen molar-refractivity contribution in [1.82, 2.24) is 0 Å². The molecular weight excluding hydrogens is 296 g/mol. The van der Waals surface area contributed by atoms with Crippen LogP contribution in [-0.4, -0.2) is 11.1 Å². The van der Waals surface area contributed by atoms with Gasteiger partial charge in [-0.05, 0) is 18.2 Å². The summed E-state index contributed by atoms with van der Waals surface area (Å²) in [5.41, 5.74) is -1.00. The maximum atomic E-state index is 12.3. The molecule has 82 valence electrons. The topological polar surface area (TPSA) is 17.1 Å². The molecule has 0 aliphatic heterocycles. The van der Waals surface area contributed by atoms with Gasteiger partial charge in [-0.3, -0.25) is 4.79 Å². The number of benzene rings is 1. The van der Waals surface area contributed by atoms with E-state index in [1.807, 2.05) is 0 Å². The molecule has 1 aromatic rings. The van der Waals surface area contributed by atoms with E-state index in [0.29, 0.717) is 0 Å². The van der Waals surface area contributed by atoms with Gasteiger partial charge < -0.3 is 0 Å². The monoisotopic (exact) mass is 300 g/mol. The Morgan fingerprint density at radius 3 is 2.47 bits per heavy atom. The predicted molar refractivity (Wildman–Crippen MR) is 54.6 cm³/mol. The molecule has 0 aliphatic rings. The molecule has 0 bridgehead atoms. The Morgan fingerprint density at radius 1 is 1.40 bits per heavy atom. The number of rotatable bonds is 2. The first kappa shape index (κ1) is 12.5. The minimum atomic E-state index is -4.47. The number of alkyl halides is 4. The van der Waals surface area contributed by atoms with Gasteiger partial charge in [-0.25, -0.2) is 0 Å². The molecule has 0 saturated carbocycles. The number of carbonyl (C=O) groups excluding carboxylic acids is 1. The van der Waals surface area contributed by atoms with Gasteiger partial charge in [-0.2, -0.15) is 13.2 Å². The van der Waals surface area contributed by atoms with Crippen LogP contribution in [0.4, 0.5) is 13.2 Å². The summed E-state index contributed by atoms with van der Waals surface area (Å²) >= 11 is 8.48. The highest BCUT2D eigenvalue weighted by Crippen LogP contribution is 2.31. The zero-order valence-corrected chi connectivity index (χ0v) is 9.58. The molecule has 0 radical (unpaired) electrons. The molecule has 15 heavy (non-hydrogen) atoms. The number of Topliss-reactive ketones (excluding diaryl/α,β-unsaturated/α-hetero) is 1. The molecule has 0 atom stereocenters. The molecule has 0 unspecified atom stereocenters. The summed E-state index contributed by atoms with van der Waals surface area (Å²) in [5, 5.41) is -0.0407. The van der Waals surface area contributed by atoms with Gasteiger partial charge in [-0.15, -0.1) is 0 Å². The third kappa shape index (κ3) is 2.95. The Bertz CT molecular complexity index is 389. The number of carbonyl (C=O) groups is 1. The summed E-state index contributed by atoms with van der Waals surface area (Å²) in [5.74, 6) is -0.480. The highest BCUT2D eigenvalue weighted by molar-refractivity contribution is 9.09. The maximum absolute atomic E-state index is 12.3. The van der Waals surface area contributed by atoms with E-state index in [-0.39, 0.29) is 15.9 Å². The lowest BCUT2D eigenvalue weighted by molar-refractivity contribution is -0.137. The molecule has 6 heteroatoms. The average Bonchev–Trinajstić information content (AvgIpc) is 2.15. The first-order valence-electron chi connectivity index (χ1n) is 3.82. The average molecular weight is 301 g/mol. The number of ketones is 1. The Balaban J connectivity index is 3.23. The summed E-state index contributed by atoms with van der Waals surface area (Å²) < 4.78 is 36.9. The van der Waals surface area contributed by atoms with Crippen molar-refractivity contribution in [3.8, 4) is 0 Å². The van der Waals surface area contributed by atoms with Gasteiger partial charge in [0.05, 0.1) is 15.9 Å². The van der Waals surface area contributed by atoms with E-state index in [1.54, 1.807) is 0 Å². The first-order chi connectivity index (χ1) is 6.86. The van der Waals surface area contributed by atoms with Crippen LogP contribution in [-0.2, 0) is 6.18 Å². The van der Waals surface area contributed by atoms with Crippen LogP contribution < -0.4 is 0 Å². The highest BCUT2D eigenvalue weighted by atomic mass is 79.9. The second-order valence-electron chi connectivity index (χ2n) is 2.75. The van der Waals surface area contributed by atoms with Crippen molar-refractivity contribution in [3.63, 3.8) is 0 Å². The molecule has 1 aromatic carbocycles. The third-order valence-corrected chi connectivity index (χ3v) is 2.55. The molecule has 0 aliphatic carbocycles. The first-order valence-corrected chi connectivity index (χ1v) is 5.32.